The van der Waals surface area contributed by atoms with Crippen molar-refractivity contribution in [2.75, 3.05) is 52.6 Å². The first-order valence-corrected chi connectivity index (χ1v) is 11.0. The summed E-state index contributed by atoms with van der Waals surface area (Å²) in [7, 11) is -3.54. The van der Waals surface area contributed by atoms with E-state index in [1.165, 1.54) is 22.7 Å². The SMILES string of the molecule is CN(C)S(=O)(=O)CCCN1CCN(S(=O)(=O)c2ccccc2)CC1. The summed E-state index contributed by atoms with van der Waals surface area (Å²) in [6.07, 6.45) is 0.548. The Morgan fingerprint density at radius 3 is 2.08 bits per heavy atom. The molecule has 0 spiro atoms. The van der Waals surface area contributed by atoms with Crippen molar-refractivity contribution in [2.24, 2.45) is 0 Å². The van der Waals surface area contributed by atoms with Crippen molar-refractivity contribution in [2.45, 2.75) is 11.3 Å². The molecule has 0 saturated carbocycles. The van der Waals surface area contributed by atoms with E-state index in [1.54, 1.807) is 30.3 Å². The average Bonchev–Trinajstić information content (AvgIpc) is 2.56. The van der Waals surface area contributed by atoms with Gasteiger partial charge in [-0.15, -0.1) is 0 Å². The van der Waals surface area contributed by atoms with Crippen LogP contribution in [-0.4, -0.2) is 82.9 Å². The van der Waals surface area contributed by atoms with E-state index in [0.717, 1.165) is 0 Å². The lowest BCUT2D eigenvalue weighted by Crippen LogP contribution is -2.48. The predicted octanol–water partition coefficient (Wildman–Crippen LogP) is 0.274. The molecule has 7 nitrogen and oxygen atoms in total. The van der Waals surface area contributed by atoms with Crippen molar-refractivity contribution >= 4 is 20.0 Å². The number of benzene rings is 1. The Morgan fingerprint density at radius 2 is 1.54 bits per heavy atom. The minimum absolute atomic E-state index is 0.114. The van der Waals surface area contributed by atoms with Gasteiger partial charge in [-0.05, 0) is 25.1 Å². The second-order valence-corrected chi connectivity index (χ2v) is 10.3. The van der Waals surface area contributed by atoms with E-state index in [0.29, 0.717) is 44.0 Å². The molecule has 0 aliphatic carbocycles. The summed E-state index contributed by atoms with van der Waals surface area (Å²) >= 11 is 0. The fourth-order valence-corrected chi connectivity index (χ4v) is 4.89. The summed E-state index contributed by atoms with van der Waals surface area (Å²) < 4.78 is 51.3. The molecule has 2 rings (SSSR count). The molecule has 0 radical (unpaired) electrons. The molecule has 24 heavy (non-hydrogen) atoms. The Kier molecular flexibility index (Phi) is 6.38. The standard InChI is InChI=1S/C15H25N3O4S2/c1-16(2)23(19,20)14-6-9-17-10-12-18(13-11-17)24(21,22)15-7-4-3-5-8-15/h3-5,7-8H,6,9-14H2,1-2H3. The van der Waals surface area contributed by atoms with Crippen LogP contribution in [0.3, 0.4) is 0 Å². The molecule has 1 saturated heterocycles. The maximum absolute atomic E-state index is 12.5. The van der Waals surface area contributed by atoms with Crippen LogP contribution in [0.1, 0.15) is 6.42 Å². The number of rotatable bonds is 7. The van der Waals surface area contributed by atoms with E-state index in [1.807, 2.05) is 0 Å². The summed E-state index contributed by atoms with van der Waals surface area (Å²) in [5.41, 5.74) is 0. The molecule has 0 atom stereocenters. The van der Waals surface area contributed by atoms with E-state index < -0.39 is 20.0 Å². The Hall–Kier alpha value is -1.00. The van der Waals surface area contributed by atoms with Crippen LogP contribution in [0, 0.1) is 0 Å². The lowest BCUT2D eigenvalue weighted by molar-refractivity contribution is 0.189. The lowest BCUT2D eigenvalue weighted by Gasteiger charge is -2.34. The van der Waals surface area contributed by atoms with Crippen LogP contribution in [0.25, 0.3) is 0 Å². The van der Waals surface area contributed by atoms with Crippen molar-refractivity contribution in [1.82, 2.24) is 13.5 Å². The summed E-state index contributed by atoms with van der Waals surface area (Å²) in [5.74, 6) is 0.114. The van der Waals surface area contributed by atoms with Crippen LogP contribution < -0.4 is 0 Å². The highest BCUT2D eigenvalue weighted by Crippen LogP contribution is 2.17. The molecule has 9 heteroatoms. The van der Waals surface area contributed by atoms with Crippen LogP contribution >= 0.6 is 0 Å². The van der Waals surface area contributed by atoms with Gasteiger partial charge in [-0.1, -0.05) is 18.2 Å². The van der Waals surface area contributed by atoms with Crippen LogP contribution in [0.5, 0.6) is 0 Å². The number of piperazine rings is 1. The second-order valence-electron chi connectivity index (χ2n) is 6.01. The summed E-state index contributed by atoms with van der Waals surface area (Å²) in [6.45, 7) is 2.75. The van der Waals surface area contributed by atoms with Crippen molar-refractivity contribution < 1.29 is 16.8 Å². The minimum atomic E-state index is -3.44. The molecule has 1 aromatic rings. The summed E-state index contributed by atoms with van der Waals surface area (Å²) in [4.78, 5) is 2.43. The second kappa shape index (κ2) is 7.92. The van der Waals surface area contributed by atoms with Gasteiger partial charge >= 0.3 is 0 Å². The molecule has 1 aliphatic heterocycles. The van der Waals surface area contributed by atoms with Gasteiger partial charge < -0.3 is 4.90 Å². The number of hydrogen-bond donors (Lipinski definition) is 0. The summed E-state index contributed by atoms with van der Waals surface area (Å²) in [5, 5.41) is 0. The van der Waals surface area contributed by atoms with Crippen LogP contribution in [0.4, 0.5) is 0 Å². The van der Waals surface area contributed by atoms with E-state index >= 15 is 0 Å². The molecular formula is C15H25N3O4S2. The number of sulfonamides is 2. The van der Waals surface area contributed by atoms with Gasteiger partial charge in [0.05, 0.1) is 10.6 Å². The molecule has 1 aliphatic rings. The smallest absolute Gasteiger partial charge is 0.243 e. The zero-order chi connectivity index (χ0) is 17.8. The fraction of sp³-hybridized carbons (Fsp3) is 0.600. The Balaban J connectivity index is 1.84. The molecule has 136 valence electrons. The Labute approximate surface area is 145 Å². The lowest BCUT2D eigenvalue weighted by atomic mass is 10.3. The van der Waals surface area contributed by atoms with Gasteiger partial charge in [-0.3, -0.25) is 0 Å². The van der Waals surface area contributed by atoms with Gasteiger partial charge in [-0.25, -0.2) is 21.1 Å². The fourth-order valence-electron chi connectivity index (χ4n) is 2.59. The topological polar surface area (TPSA) is 78.0 Å². The molecule has 1 aromatic carbocycles. The quantitative estimate of drug-likeness (QED) is 0.684. The monoisotopic (exact) mass is 375 g/mol. The van der Waals surface area contributed by atoms with Gasteiger partial charge in [0.25, 0.3) is 0 Å². The first kappa shape index (κ1) is 19.3. The Bertz CT molecular complexity index is 725. The number of nitrogens with zero attached hydrogens (tertiary/aromatic N) is 3. The van der Waals surface area contributed by atoms with Crippen molar-refractivity contribution in [3.05, 3.63) is 30.3 Å². The summed E-state index contributed by atoms with van der Waals surface area (Å²) in [6, 6.07) is 8.43. The third-order valence-corrected chi connectivity index (χ3v) is 7.98. The van der Waals surface area contributed by atoms with E-state index in [-0.39, 0.29) is 5.75 Å². The highest BCUT2D eigenvalue weighted by molar-refractivity contribution is 7.89. The van der Waals surface area contributed by atoms with E-state index in [2.05, 4.69) is 4.90 Å². The van der Waals surface area contributed by atoms with Crippen molar-refractivity contribution in [1.29, 1.82) is 0 Å². The van der Waals surface area contributed by atoms with Crippen molar-refractivity contribution in [3.63, 3.8) is 0 Å². The zero-order valence-electron chi connectivity index (χ0n) is 14.1. The molecule has 1 fully saturated rings. The van der Waals surface area contributed by atoms with Crippen LogP contribution in [0.15, 0.2) is 35.2 Å². The Morgan fingerprint density at radius 1 is 0.958 bits per heavy atom. The van der Waals surface area contributed by atoms with Crippen molar-refractivity contribution in [3.8, 4) is 0 Å². The normalized spacial score (nSPS) is 18.1. The van der Waals surface area contributed by atoms with Gasteiger partial charge in [0, 0.05) is 40.3 Å². The molecule has 0 amide bonds. The zero-order valence-corrected chi connectivity index (χ0v) is 15.8. The molecule has 0 N–H and O–H groups in total. The third-order valence-electron chi connectivity index (χ3n) is 4.15. The van der Waals surface area contributed by atoms with Gasteiger partial charge in [0.2, 0.25) is 20.0 Å². The largest absolute Gasteiger partial charge is 0.301 e. The van der Waals surface area contributed by atoms with Gasteiger partial charge in [0.1, 0.15) is 0 Å². The van der Waals surface area contributed by atoms with Gasteiger partial charge in [0.15, 0.2) is 0 Å². The number of hydrogen-bond acceptors (Lipinski definition) is 5. The molecule has 0 bridgehead atoms. The maximum atomic E-state index is 12.5. The molecule has 1 heterocycles. The van der Waals surface area contributed by atoms with Crippen LogP contribution in [0.2, 0.25) is 0 Å². The third kappa shape index (κ3) is 4.76. The van der Waals surface area contributed by atoms with Gasteiger partial charge in [-0.2, -0.15) is 4.31 Å². The van der Waals surface area contributed by atoms with E-state index in [9.17, 15) is 16.8 Å². The minimum Gasteiger partial charge on any atom is -0.301 e. The first-order chi connectivity index (χ1) is 11.2. The van der Waals surface area contributed by atoms with E-state index in [4.69, 9.17) is 0 Å². The predicted molar refractivity (Wildman–Crippen MR) is 93.7 cm³/mol. The maximum Gasteiger partial charge on any atom is 0.243 e. The highest BCUT2D eigenvalue weighted by Gasteiger charge is 2.28. The first-order valence-electron chi connectivity index (χ1n) is 7.91. The van der Waals surface area contributed by atoms with Crippen LogP contribution in [-0.2, 0) is 20.0 Å². The molecule has 0 unspecified atom stereocenters. The average molecular weight is 376 g/mol. The molecular weight excluding hydrogens is 350 g/mol. The highest BCUT2D eigenvalue weighted by atomic mass is 32.2. The molecule has 0 aromatic heterocycles.